The Morgan fingerprint density at radius 3 is 2.63 bits per heavy atom. The molecular formula is C36H43N3O7. The van der Waals surface area contributed by atoms with Gasteiger partial charge in [-0.1, -0.05) is 54.6 Å². The average Bonchev–Trinajstić information content (AvgIpc) is 3.69. The number of amides is 3. The molecule has 6 atom stereocenters. The quantitative estimate of drug-likeness (QED) is 0.242. The second kappa shape index (κ2) is 14.0. The smallest absolute Gasteiger partial charge is 0.313 e. The first kappa shape index (κ1) is 33.1. The molecule has 0 radical (unpaired) electrons. The summed E-state index contributed by atoms with van der Waals surface area (Å²) < 4.78 is 12.6. The van der Waals surface area contributed by atoms with Crippen molar-refractivity contribution in [2.75, 3.05) is 31.1 Å². The largest absolute Gasteiger partial charge is 0.455 e. The maximum atomic E-state index is 14.6. The van der Waals surface area contributed by atoms with Gasteiger partial charge in [0.2, 0.25) is 11.8 Å². The molecule has 244 valence electrons. The molecule has 5 rings (SSSR count). The Morgan fingerprint density at radius 1 is 1.17 bits per heavy atom. The van der Waals surface area contributed by atoms with Crippen LogP contribution < -0.4 is 10.2 Å². The number of aliphatic hydroxyl groups is 1. The summed E-state index contributed by atoms with van der Waals surface area (Å²) >= 11 is 0. The number of carbonyl (C=O) groups excluding carboxylic acids is 4. The lowest BCUT2D eigenvalue weighted by molar-refractivity contribution is -0.160. The van der Waals surface area contributed by atoms with Crippen molar-refractivity contribution in [2.24, 2.45) is 11.8 Å². The van der Waals surface area contributed by atoms with E-state index in [1.165, 1.54) is 4.90 Å². The summed E-state index contributed by atoms with van der Waals surface area (Å²) in [4.78, 5) is 58.2. The van der Waals surface area contributed by atoms with Crippen molar-refractivity contribution in [3.63, 3.8) is 0 Å². The molecule has 3 saturated heterocycles. The molecule has 2 N–H and O–H groups in total. The van der Waals surface area contributed by atoms with Crippen LogP contribution in [-0.2, 0) is 28.7 Å². The number of hydrogen-bond acceptors (Lipinski definition) is 7. The van der Waals surface area contributed by atoms with Gasteiger partial charge in [0.15, 0.2) is 0 Å². The normalized spacial score (nSPS) is 25.1. The molecule has 2 aromatic carbocycles. The SMILES string of the molecule is C=CCCC(=O)NC[C@H](OC(=O)[C@@H]1[C@H]2C(=O)N(CCO)[C@H](C(=O)N(CC=C)c3cc(C)ccc3C)[C@]23CC[C@H]1O3)c1ccccc1. The van der Waals surface area contributed by atoms with Gasteiger partial charge in [-0.05, 0) is 55.9 Å². The number of nitrogens with zero attached hydrogens (tertiary/aromatic N) is 2. The van der Waals surface area contributed by atoms with Gasteiger partial charge in [0.05, 0.1) is 31.1 Å². The Morgan fingerprint density at radius 2 is 1.93 bits per heavy atom. The lowest BCUT2D eigenvalue weighted by Gasteiger charge is -2.37. The van der Waals surface area contributed by atoms with Crippen molar-refractivity contribution in [1.29, 1.82) is 0 Å². The van der Waals surface area contributed by atoms with Crippen molar-refractivity contribution in [2.45, 2.75) is 63.4 Å². The lowest BCUT2D eigenvalue weighted by atomic mass is 9.70. The zero-order valence-corrected chi connectivity index (χ0v) is 26.5. The number of rotatable bonds is 14. The molecule has 3 heterocycles. The molecule has 0 aliphatic carbocycles. The zero-order valence-electron chi connectivity index (χ0n) is 26.5. The van der Waals surface area contributed by atoms with Crippen LogP contribution in [-0.4, -0.2) is 77.7 Å². The summed E-state index contributed by atoms with van der Waals surface area (Å²) in [5, 5.41) is 12.8. The molecular weight excluding hydrogens is 586 g/mol. The molecule has 1 spiro atoms. The molecule has 0 unspecified atom stereocenters. The first-order valence-corrected chi connectivity index (χ1v) is 15.9. The molecule has 46 heavy (non-hydrogen) atoms. The van der Waals surface area contributed by atoms with Crippen LogP contribution in [0.25, 0.3) is 0 Å². The Labute approximate surface area is 270 Å². The summed E-state index contributed by atoms with van der Waals surface area (Å²) in [5.74, 6) is -3.48. The minimum Gasteiger partial charge on any atom is -0.455 e. The van der Waals surface area contributed by atoms with Crippen molar-refractivity contribution >= 4 is 29.4 Å². The van der Waals surface area contributed by atoms with Crippen LogP contribution in [0, 0.1) is 25.7 Å². The van der Waals surface area contributed by atoms with E-state index in [-0.39, 0.29) is 44.5 Å². The van der Waals surface area contributed by atoms with E-state index < -0.39 is 47.6 Å². The Balaban J connectivity index is 1.45. The number of carbonyl (C=O) groups is 4. The summed E-state index contributed by atoms with van der Waals surface area (Å²) in [6.07, 6.45) is 3.55. The number of likely N-dealkylation sites (tertiary alicyclic amines) is 1. The number of ether oxygens (including phenoxy) is 2. The number of aliphatic hydroxyl groups excluding tert-OH is 1. The minimum atomic E-state index is -1.25. The minimum absolute atomic E-state index is 0.0534. The third-order valence-electron chi connectivity index (χ3n) is 9.37. The fourth-order valence-electron chi connectivity index (χ4n) is 7.28. The lowest BCUT2D eigenvalue weighted by Crippen LogP contribution is -2.57. The Kier molecular flexibility index (Phi) is 10.1. The van der Waals surface area contributed by atoms with Gasteiger partial charge in [0, 0.05) is 25.2 Å². The summed E-state index contributed by atoms with van der Waals surface area (Å²) in [7, 11) is 0. The first-order chi connectivity index (χ1) is 22.2. The number of β-amino-alcohol motifs (C(OH)–C–C–N with tert-alkyl or cyclic N) is 1. The van der Waals surface area contributed by atoms with Gasteiger partial charge >= 0.3 is 5.97 Å². The van der Waals surface area contributed by atoms with Gasteiger partial charge in [0.25, 0.3) is 5.91 Å². The monoisotopic (exact) mass is 629 g/mol. The fraction of sp³-hybridized carbons (Fsp3) is 0.444. The number of allylic oxidation sites excluding steroid dienone is 1. The molecule has 10 heteroatoms. The highest BCUT2D eigenvalue weighted by atomic mass is 16.6. The van der Waals surface area contributed by atoms with Crippen LogP contribution in [0.3, 0.4) is 0 Å². The molecule has 2 bridgehead atoms. The first-order valence-electron chi connectivity index (χ1n) is 15.9. The summed E-state index contributed by atoms with van der Waals surface area (Å²) in [5.41, 5.74) is 1.99. The number of benzene rings is 2. The van der Waals surface area contributed by atoms with E-state index in [9.17, 15) is 24.3 Å². The molecule has 3 amide bonds. The average molecular weight is 630 g/mol. The molecule has 10 nitrogen and oxygen atoms in total. The number of anilines is 1. The molecule has 0 aromatic heterocycles. The number of fused-ring (bicyclic) bond motifs is 1. The highest BCUT2D eigenvalue weighted by molar-refractivity contribution is 6.05. The standard InChI is InChI=1S/C36H43N3O7/c1-5-7-13-29(41)37-22-28(25-11-9-8-10-12-25)45-35(44)30-27-16-17-36(46-27)31(30)33(42)39(19-20-40)32(36)34(43)38(18-6-2)26-21-23(3)14-15-24(26)4/h5-6,8-12,14-15,21,27-28,30-32,40H,1-2,7,13,16-20,22H2,3-4H3,(H,37,41)/t27-,28+,30+,31+,32-,36+/m1/s1. The van der Waals surface area contributed by atoms with E-state index in [1.807, 2.05) is 62.4 Å². The van der Waals surface area contributed by atoms with Gasteiger partial charge in [0.1, 0.15) is 17.7 Å². The van der Waals surface area contributed by atoms with Crippen LogP contribution in [0.15, 0.2) is 73.8 Å². The Hall–Kier alpha value is -4.28. The number of aryl methyl sites for hydroxylation is 2. The maximum Gasteiger partial charge on any atom is 0.313 e. The molecule has 0 saturated carbocycles. The van der Waals surface area contributed by atoms with E-state index in [4.69, 9.17) is 9.47 Å². The number of hydrogen-bond donors (Lipinski definition) is 2. The molecule has 3 aliphatic rings. The fourth-order valence-corrected chi connectivity index (χ4v) is 7.28. The van der Waals surface area contributed by atoms with Crippen LogP contribution >= 0.6 is 0 Å². The third-order valence-corrected chi connectivity index (χ3v) is 9.37. The van der Waals surface area contributed by atoms with Crippen molar-refractivity contribution in [3.8, 4) is 0 Å². The van der Waals surface area contributed by atoms with Crippen LogP contribution in [0.5, 0.6) is 0 Å². The van der Waals surface area contributed by atoms with Gasteiger partial charge in [-0.3, -0.25) is 19.2 Å². The summed E-state index contributed by atoms with van der Waals surface area (Å²) in [6.45, 7) is 11.2. The number of nitrogens with one attached hydrogen (secondary N) is 1. The van der Waals surface area contributed by atoms with E-state index in [0.717, 1.165) is 11.1 Å². The van der Waals surface area contributed by atoms with E-state index in [1.54, 1.807) is 17.1 Å². The van der Waals surface area contributed by atoms with Gasteiger partial charge in [-0.2, -0.15) is 0 Å². The molecule has 2 aromatic rings. The topological polar surface area (TPSA) is 125 Å². The highest BCUT2D eigenvalue weighted by Gasteiger charge is 2.75. The maximum absolute atomic E-state index is 14.6. The van der Waals surface area contributed by atoms with Crippen molar-refractivity contribution in [1.82, 2.24) is 10.2 Å². The van der Waals surface area contributed by atoms with Crippen LogP contribution in [0.2, 0.25) is 0 Å². The van der Waals surface area contributed by atoms with Gasteiger partial charge < -0.3 is 29.7 Å². The second-order valence-electron chi connectivity index (χ2n) is 12.3. The van der Waals surface area contributed by atoms with E-state index in [0.29, 0.717) is 30.5 Å². The van der Waals surface area contributed by atoms with Gasteiger partial charge in [-0.25, -0.2) is 0 Å². The molecule has 3 aliphatic heterocycles. The Bertz CT molecular complexity index is 1490. The van der Waals surface area contributed by atoms with Gasteiger partial charge in [-0.15, -0.1) is 13.2 Å². The number of esters is 1. The van der Waals surface area contributed by atoms with Crippen molar-refractivity contribution in [3.05, 3.63) is 90.5 Å². The highest BCUT2D eigenvalue weighted by Crippen LogP contribution is 2.59. The predicted molar refractivity (Wildman–Crippen MR) is 173 cm³/mol. The summed E-state index contributed by atoms with van der Waals surface area (Å²) in [6, 6.07) is 13.9. The van der Waals surface area contributed by atoms with E-state index in [2.05, 4.69) is 18.5 Å². The van der Waals surface area contributed by atoms with Crippen molar-refractivity contribution < 1.29 is 33.8 Å². The van der Waals surface area contributed by atoms with E-state index >= 15 is 0 Å². The third kappa shape index (κ3) is 6.11. The predicted octanol–water partition coefficient (Wildman–Crippen LogP) is 3.56. The van der Waals surface area contributed by atoms with Crippen LogP contribution in [0.4, 0.5) is 5.69 Å². The molecule has 3 fully saturated rings. The second-order valence-corrected chi connectivity index (χ2v) is 12.3. The van der Waals surface area contributed by atoms with Crippen LogP contribution in [0.1, 0.15) is 48.5 Å². The zero-order chi connectivity index (χ0) is 33.0.